The molecule has 0 radical (unpaired) electrons. The van der Waals surface area contributed by atoms with Crippen LogP contribution in [0.15, 0.2) is 5.38 Å². The van der Waals surface area contributed by atoms with Gasteiger partial charge in [-0.15, -0.1) is 11.3 Å². The molecule has 18 heavy (non-hydrogen) atoms. The Labute approximate surface area is 106 Å². The van der Waals surface area contributed by atoms with Crippen LogP contribution in [0.2, 0.25) is 0 Å². The van der Waals surface area contributed by atoms with Gasteiger partial charge in [0, 0.05) is 11.8 Å². The van der Waals surface area contributed by atoms with E-state index < -0.39 is 12.0 Å². The van der Waals surface area contributed by atoms with Gasteiger partial charge >= 0.3 is 5.97 Å². The van der Waals surface area contributed by atoms with E-state index in [0.29, 0.717) is 17.8 Å². The van der Waals surface area contributed by atoms with E-state index in [-0.39, 0.29) is 24.1 Å². The van der Waals surface area contributed by atoms with Gasteiger partial charge in [0.05, 0.1) is 6.54 Å². The van der Waals surface area contributed by atoms with Gasteiger partial charge in [0.2, 0.25) is 11.8 Å². The number of rotatable bonds is 4. The summed E-state index contributed by atoms with van der Waals surface area (Å²) in [5, 5.41) is 15.8. The third-order valence-electron chi connectivity index (χ3n) is 2.50. The van der Waals surface area contributed by atoms with Crippen molar-refractivity contribution in [1.29, 1.82) is 0 Å². The molecule has 0 bridgehead atoms. The average molecular weight is 269 g/mol. The van der Waals surface area contributed by atoms with Crippen LogP contribution in [0.1, 0.15) is 28.3 Å². The highest BCUT2D eigenvalue weighted by Gasteiger charge is 2.26. The van der Waals surface area contributed by atoms with Crippen LogP contribution in [0, 0.1) is 0 Å². The number of carboxylic acids is 1. The van der Waals surface area contributed by atoms with Gasteiger partial charge in [0.25, 0.3) is 0 Å². The summed E-state index contributed by atoms with van der Waals surface area (Å²) in [6.07, 6.45) is 0.849. The fourth-order valence-electron chi connectivity index (χ4n) is 1.59. The van der Waals surface area contributed by atoms with E-state index in [2.05, 4.69) is 15.6 Å². The minimum atomic E-state index is -1.09. The highest BCUT2D eigenvalue weighted by Crippen LogP contribution is 2.10. The van der Waals surface area contributed by atoms with E-state index in [1.165, 1.54) is 16.7 Å². The monoisotopic (exact) mass is 269 g/mol. The van der Waals surface area contributed by atoms with Crippen molar-refractivity contribution < 1.29 is 19.5 Å². The lowest BCUT2D eigenvalue weighted by Gasteiger charge is -2.09. The molecule has 1 atom stereocenters. The molecule has 1 fully saturated rings. The summed E-state index contributed by atoms with van der Waals surface area (Å²) in [6, 6.07) is -0.489. The van der Waals surface area contributed by atoms with Crippen LogP contribution in [0.3, 0.4) is 0 Å². The SMILES string of the molecule is O=C1CC[C@@H](C(=O)NCc2nc(C(=O)O)cs2)N1. The normalized spacial score (nSPS) is 18.4. The number of carbonyl (C=O) groups is 3. The molecule has 1 aliphatic heterocycles. The molecule has 0 aromatic carbocycles. The molecule has 0 spiro atoms. The van der Waals surface area contributed by atoms with Crippen LogP contribution < -0.4 is 10.6 Å². The minimum absolute atomic E-state index is 0.0292. The van der Waals surface area contributed by atoms with Crippen molar-refractivity contribution in [2.24, 2.45) is 0 Å². The number of aromatic carboxylic acids is 1. The van der Waals surface area contributed by atoms with Crippen molar-refractivity contribution in [3.8, 4) is 0 Å². The van der Waals surface area contributed by atoms with E-state index >= 15 is 0 Å². The van der Waals surface area contributed by atoms with E-state index in [1.807, 2.05) is 0 Å². The molecule has 1 aromatic rings. The lowest BCUT2D eigenvalue weighted by atomic mass is 10.2. The summed E-state index contributed by atoms with van der Waals surface area (Å²) in [7, 11) is 0. The topological polar surface area (TPSA) is 108 Å². The second-order valence-corrected chi connectivity index (χ2v) is 4.75. The first-order chi connectivity index (χ1) is 8.56. The Morgan fingerprint density at radius 1 is 1.61 bits per heavy atom. The zero-order valence-electron chi connectivity index (χ0n) is 9.30. The maximum absolute atomic E-state index is 11.6. The van der Waals surface area contributed by atoms with Crippen LogP contribution in [0.4, 0.5) is 0 Å². The van der Waals surface area contributed by atoms with Gasteiger partial charge in [-0.2, -0.15) is 0 Å². The first kappa shape index (κ1) is 12.5. The second-order valence-electron chi connectivity index (χ2n) is 3.81. The molecule has 1 saturated heterocycles. The molecule has 1 aromatic heterocycles. The van der Waals surface area contributed by atoms with E-state index in [9.17, 15) is 14.4 Å². The Kier molecular flexibility index (Phi) is 3.56. The molecular formula is C10H11N3O4S. The summed E-state index contributed by atoms with van der Waals surface area (Å²) < 4.78 is 0. The zero-order valence-corrected chi connectivity index (χ0v) is 10.1. The number of thiazole rings is 1. The number of amides is 2. The predicted octanol–water partition coefficient (Wildman–Crippen LogP) is -0.264. The smallest absolute Gasteiger partial charge is 0.355 e. The van der Waals surface area contributed by atoms with Crippen molar-refractivity contribution in [1.82, 2.24) is 15.6 Å². The Morgan fingerprint density at radius 2 is 2.39 bits per heavy atom. The van der Waals surface area contributed by atoms with Crippen LogP contribution in [0.5, 0.6) is 0 Å². The van der Waals surface area contributed by atoms with Gasteiger partial charge in [-0.3, -0.25) is 9.59 Å². The van der Waals surface area contributed by atoms with Crippen molar-refractivity contribution in [2.45, 2.75) is 25.4 Å². The molecule has 2 heterocycles. The lowest BCUT2D eigenvalue weighted by Crippen LogP contribution is -2.41. The summed E-state index contributed by atoms with van der Waals surface area (Å²) in [5.74, 6) is -1.49. The maximum Gasteiger partial charge on any atom is 0.355 e. The van der Waals surface area contributed by atoms with Crippen molar-refractivity contribution in [3.05, 3.63) is 16.1 Å². The Morgan fingerprint density at radius 3 is 2.94 bits per heavy atom. The zero-order chi connectivity index (χ0) is 13.1. The summed E-state index contributed by atoms with van der Waals surface area (Å²) in [5.41, 5.74) is -0.0292. The summed E-state index contributed by atoms with van der Waals surface area (Å²) >= 11 is 1.17. The maximum atomic E-state index is 11.6. The third-order valence-corrected chi connectivity index (χ3v) is 3.35. The number of carboxylic acid groups (broad SMARTS) is 1. The van der Waals surface area contributed by atoms with Gasteiger partial charge < -0.3 is 15.7 Å². The molecule has 0 saturated carbocycles. The highest BCUT2D eigenvalue weighted by atomic mass is 32.1. The Hall–Kier alpha value is -1.96. The van der Waals surface area contributed by atoms with Gasteiger partial charge in [0.1, 0.15) is 11.0 Å². The molecule has 2 amide bonds. The van der Waals surface area contributed by atoms with Crippen LogP contribution in [-0.2, 0) is 16.1 Å². The van der Waals surface area contributed by atoms with E-state index in [1.54, 1.807) is 0 Å². The van der Waals surface area contributed by atoms with Gasteiger partial charge in [-0.05, 0) is 6.42 Å². The van der Waals surface area contributed by atoms with Crippen LogP contribution >= 0.6 is 11.3 Å². The standard InChI is InChI=1S/C10H11N3O4S/c14-7-2-1-5(12-7)9(15)11-3-8-13-6(4-18-8)10(16)17/h4-5H,1-3H2,(H,11,15)(H,12,14)(H,16,17)/t5-/m0/s1. The number of aromatic nitrogens is 1. The molecule has 2 rings (SSSR count). The van der Waals surface area contributed by atoms with Gasteiger partial charge in [-0.1, -0.05) is 0 Å². The molecule has 0 unspecified atom stereocenters. The largest absolute Gasteiger partial charge is 0.476 e. The molecule has 1 aliphatic rings. The quantitative estimate of drug-likeness (QED) is 0.697. The van der Waals surface area contributed by atoms with Gasteiger partial charge in [0.15, 0.2) is 5.69 Å². The summed E-state index contributed by atoms with van der Waals surface area (Å²) in [6.45, 7) is 0.170. The number of hydrogen-bond donors (Lipinski definition) is 3. The number of carbonyl (C=O) groups excluding carboxylic acids is 2. The van der Waals surface area contributed by atoms with E-state index in [4.69, 9.17) is 5.11 Å². The highest BCUT2D eigenvalue weighted by molar-refractivity contribution is 7.09. The van der Waals surface area contributed by atoms with Crippen molar-refractivity contribution in [3.63, 3.8) is 0 Å². The number of hydrogen-bond acceptors (Lipinski definition) is 5. The molecule has 3 N–H and O–H groups in total. The fourth-order valence-corrected chi connectivity index (χ4v) is 2.29. The van der Waals surface area contributed by atoms with Gasteiger partial charge in [-0.25, -0.2) is 9.78 Å². The second kappa shape index (κ2) is 5.13. The third kappa shape index (κ3) is 2.83. The number of nitrogens with zero attached hydrogens (tertiary/aromatic N) is 1. The fraction of sp³-hybridized carbons (Fsp3) is 0.400. The first-order valence-corrected chi connectivity index (χ1v) is 6.19. The Bertz CT molecular complexity index is 499. The Balaban J connectivity index is 1.85. The van der Waals surface area contributed by atoms with Crippen LogP contribution in [0.25, 0.3) is 0 Å². The molecule has 96 valence electrons. The lowest BCUT2D eigenvalue weighted by molar-refractivity contribution is -0.125. The van der Waals surface area contributed by atoms with Crippen LogP contribution in [-0.4, -0.2) is 33.9 Å². The molecule has 0 aliphatic carbocycles. The van der Waals surface area contributed by atoms with Crippen molar-refractivity contribution >= 4 is 29.1 Å². The van der Waals surface area contributed by atoms with E-state index in [0.717, 1.165) is 0 Å². The number of nitrogens with one attached hydrogen (secondary N) is 2. The summed E-state index contributed by atoms with van der Waals surface area (Å²) in [4.78, 5) is 37.0. The molecular weight excluding hydrogens is 258 g/mol. The molecule has 7 nitrogen and oxygen atoms in total. The predicted molar refractivity (Wildman–Crippen MR) is 62.1 cm³/mol. The minimum Gasteiger partial charge on any atom is -0.476 e. The molecule has 8 heteroatoms. The van der Waals surface area contributed by atoms with Crippen molar-refractivity contribution in [2.75, 3.05) is 0 Å². The average Bonchev–Trinajstić information content (AvgIpc) is 2.94. The first-order valence-electron chi connectivity index (χ1n) is 5.31.